The molecule has 0 amide bonds. The molecule has 0 aliphatic heterocycles. The molecule has 3 aromatic heterocycles. The summed E-state index contributed by atoms with van der Waals surface area (Å²) in [5.74, 6) is 0.653. The van der Waals surface area contributed by atoms with Crippen molar-refractivity contribution in [3.05, 3.63) is 64.8 Å². The van der Waals surface area contributed by atoms with Crippen LogP contribution in [-0.4, -0.2) is 21.1 Å². The summed E-state index contributed by atoms with van der Waals surface area (Å²) in [6.45, 7) is 0.159. The van der Waals surface area contributed by atoms with Crippen LogP contribution in [-0.2, 0) is 22.6 Å². The van der Waals surface area contributed by atoms with Crippen LogP contribution in [0.25, 0.3) is 21.3 Å². The maximum Gasteiger partial charge on any atom is 0.306 e. The molecular formula is C19H15N3O3S2. The largest absolute Gasteiger partial charge is 0.459 e. The van der Waals surface area contributed by atoms with Crippen LogP contribution in [0.15, 0.2) is 57.7 Å². The Morgan fingerprint density at radius 2 is 1.96 bits per heavy atom. The standard InChI is InChI=1S/C19H15N3O3S2/c23-17(9-8-16-21-18(22-25-16)15-7-4-10-26-15)24-11-14-12-27-19(20-14)13-5-2-1-3-6-13/h1-7,10,12H,8-9,11H2. The Balaban J connectivity index is 1.26. The van der Waals surface area contributed by atoms with Crippen LogP contribution in [0, 0.1) is 0 Å². The Morgan fingerprint density at radius 1 is 1.07 bits per heavy atom. The van der Waals surface area contributed by atoms with E-state index < -0.39 is 0 Å². The smallest absolute Gasteiger partial charge is 0.306 e. The first-order valence-electron chi connectivity index (χ1n) is 8.30. The normalized spacial score (nSPS) is 10.8. The topological polar surface area (TPSA) is 78.1 Å². The highest BCUT2D eigenvalue weighted by Gasteiger charge is 2.13. The van der Waals surface area contributed by atoms with Crippen molar-refractivity contribution in [2.75, 3.05) is 0 Å². The van der Waals surface area contributed by atoms with E-state index in [2.05, 4.69) is 15.1 Å². The number of rotatable bonds is 7. The van der Waals surface area contributed by atoms with Crippen molar-refractivity contribution in [2.24, 2.45) is 0 Å². The first-order chi connectivity index (χ1) is 13.3. The summed E-state index contributed by atoms with van der Waals surface area (Å²) >= 11 is 3.07. The van der Waals surface area contributed by atoms with Gasteiger partial charge in [0.25, 0.3) is 0 Å². The summed E-state index contributed by atoms with van der Waals surface area (Å²) in [5, 5.41) is 8.69. The summed E-state index contributed by atoms with van der Waals surface area (Å²) in [4.78, 5) is 21.7. The van der Waals surface area contributed by atoms with Crippen molar-refractivity contribution < 1.29 is 14.1 Å². The van der Waals surface area contributed by atoms with E-state index in [1.807, 2.05) is 53.2 Å². The average Bonchev–Trinajstić information content (AvgIpc) is 3.47. The van der Waals surface area contributed by atoms with E-state index in [1.165, 1.54) is 22.7 Å². The summed E-state index contributed by atoms with van der Waals surface area (Å²) in [6.07, 6.45) is 0.533. The number of hydrogen-bond acceptors (Lipinski definition) is 8. The highest BCUT2D eigenvalue weighted by molar-refractivity contribution is 7.13. The van der Waals surface area contributed by atoms with Crippen molar-refractivity contribution in [2.45, 2.75) is 19.4 Å². The zero-order valence-corrected chi connectivity index (χ0v) is 15.8. The number of aromatic nitrogens is 3. The molecule has 0 bridgehead atoms. The van der Waals surface area contributed by atoms with Gasteiger partial charge in [-0.25, -0.2) is 4.98 Å². The van der Waals surface area contributed by atoms with Gasteiger partial charge >= 0.3 is 5.97 Å². The molecule has 4 rings (SSSR count). The number of thiazole rings is 1. The molecular weight excluding hydrogens is 382 g/mol. The second-order valence-electron chi connectivity index (χ2n) is 5.66. The van der Waals surface area contributed by atoms with Gasteiger partial charge in [-0.15, -0.1) is 22.7 Å². The van der Waals surface area contributed by atoms with Crippen molar-refractivity contribution in [3.8, 4) is 21.3 Å². The fourth-order valence-electron chi connectivity index (χ4n) is 2.38. The monoisotopic (exact) mass is 397 g/mol. The lowest BCUT2D eigenvalue weighted by atomic mass is 10.2. The van der Waals surface area contributed by atoms with Crippen LogP contribution in [0.2, 0.25) is 0 Å². The minimum atomic E-state index is -0.319. The average molecular weight is 397 g/mol. The van der Waals surface area contributed by atoms with Crippen LogP contribution >= 0.6 is 22.7 Å². The number of nitrogens with zero attached hydrogens (tertiary/aromatic N) is 3. The first-order valence-corrected chi connectivity index (χ1v) is 10.1. The Kier molecular flexibility index (Phi) is 5.36. The number of carbonyl (C=O) groups is 1. The van der Waals surface area contributed by atoms with E-state index in [-0.39, 0.29) is 19.0 Å². The number of carbonyl (C=O) groups excluding carboxylic acids is 1. The zero-order valence-electron chi connectivity index (χ0n) is 14.2. The molecule has 0 aliphatic rings. The lowest BCUT2D eigenvalue weighted by Gasteiger charge is -2.01. The van der Waals surface area contributed by atoms with Crippen LogP contribution in [0.3, 0.4) is 0 Å². The number of esters is 1. The van der Waals surface area contributed by atoms with Crippen molar-refractivity contribution >= 4 is 28.6 Å². The molecule has 136 valence electrons. The van der Waals surface area contributed by atoms with Gasteiger partial charge in [-0.05, 0) is 11.4 Å². The van der Waals surface area contributed by atoms with E-state index in [1.54, 1.807) is 0 Å². The Labute approximate surface area is 163 Å². The molecule has 0 atom stereocenters. The van der Waals surface area contributed by atoms with Gasteiger partial charge in [0.05, 0.1) is 17.0 Å². The van der Waals surface area contributed by atoms with Gasteiger partial charge in [-0.3, -0.25) is 4.79 Å². The lowest BCUT2D eigenvalue weighted by Crippen LogP contribution is -2.06. The molecule has 3 heterocycles. The molecule has 27 heavy (non-hydrogen) atoms. The van der Waals surface area contributed by atoms with Crippen LogP contribution in [0.5, 0.6) is 0 Å². The van der Waals surface area contributed by atoms with E-state index in [9.17, 15) is 4.79 Å². The van der Waals surface area contributed by atoms with Gasteiger partial charge in [0.1, 0.15) is 11.6 Å². The minimum absolute atomic E-state index is 0.159. The van der Waals surface area contributed by atoms with Crippen LogP contribution in [0.1, 0.15) is 18.0 Å². The van der Waals surface area contributed by atoms with E-state index in [0.29, 0.717) is 18.1 Å². The van der Waals surface area contributed by atoms with Gasteiger partial charge in [-0.2, -0.15) is 4.98 Å². The fraction of sp³-hybridized carbons (Fsp3) is 0.158. The maximum absolute atomic E-state index is 12.0. The van der Waals surface area contributed by atoms with Crippen molar-refractivity contribution in [1.82, 2.24) is 15.1 Å². The van der Waals surface area contributed by atoms with Crippen molar-refractivity contribution in [1.29, 1.82) is 0 Å². The second-order valence-corrected chi connectivity index (χ2v) is 7.47. The van der Waals surface area contributed by atoms with E-state index >= 15 is 0 Å². The molecule has 0 unspecified atom stereocenters. The number of hydrogen-bond donors (Lipinski definition) is 0. The van der Waals surface area contributed by atoms with Crippen molar-refractivity contribution in [3.63, 3.8) is 0 Å². The highest BCUT2D eigenvalue weighted by Crippen LogP contribution is 2.24. The molecule has 1 aromatic carbocycles. The number of aryl methyl sites for hydroxylation is 1. The molecule has 8 heteroatoms. The molecule has 0 N–H and O–H groups in total. The Bertz CT molecular complexity index is 1010. The number of ether oxygens (including phenoxy) is 1. The third-order valence-electron chi connectivity index (χ3n) is 3.71. The first kappa shape index (κ1) is 17.6. The second kappa shape index (κ2) is 8.24. The summed E-state index contributed by atoms with van der Waals surface area (Å²) in [5.41, 5.74) is 1.79. The van der Waals surface area contributed by atoms with Gasteiger partial charge < -0.3 is 9.26 Å². The SMILES string of the molecule is O=C(CCc1nc(-c2cccs2)no1)OCc1csc(-c2ccccc2)n1. The van der Waals surface area contributed by atoms with Gasteiger partial charge in [0.2, 0.25) is 11.7 Å². The predicted octanol–water partition coefficient (Wildman–Crippen LogP) is 4.60. The summed E-state index contributed by atoms with van der Waals surface area (Å²) in [6, 6.07) is 13.8. The molecule has 0 spiro atoms. The van der Waals surface area contributed by atoms with Gasteiger partial charge in [-0.1, -0.05) is 41.6 Å². The third kappa shape index (κ3) is 4.47. The third-order valence-corrected chi connectivity index (χ3v) is 5.51. The van der Waals surface area contributed by atoms with Crippen LogP contribution < -0.4 is 0 Å². The molecule has 6 nitrogen and oxygen atoms in total. The van der Waals surface area contributed by atoms with E-state index in [0.717, 1.165) is 21.1 Å². The summed E-state index contributed by atoms with van der Waals surface area (Å²) in [7, 11) is 0. The molecule has 0 saturated carbocycles. The molecule has 0 radical (unpaired) electrons. The van der Waals surface area contributed by atoms with Gasteiger partial charge in [0.15, 0.2) is 0 Å². The zero-order chi connectivity index (χ0) is 18.5. The lowest BCUT2D eigenvalue weighted by molar-refractivity contribution is -0.145. The quantitative estimate of drug-likeness (QED) is 0.424. The molecule has 0 aliphatic carbocycles. The van der Waals surface area contributed by atoms with Crippen LogP contribution in [0.4, 0.5) is 0 Å². The fourth-order valence-corrected chi connectivity index (χ4v) is 3.84. The maximum atomic E-state index is 12.0. The Hall–Kier alpha value is -2.84. The molecule has 0 saturated heterocycles. The van der Waals surface area contributed by atoms with E-state index in [4.69, 9.17) is 9.26 Å². The molecule has 4 aromatic rings. The summed E-state index contributed by atoms with van der Waals surface area (Å²) < 4.78 is 10.5. The number of thiophene rings is 1. The Morgan fingerprint density at radius 3 is 2.78 bits per heavy atom. The predicted molar refractivity (Wildman–Crippen MR) is 103 cm³/mol. The highest BCUT2D eigenvalue weighted by atomic mass is 32.1. The molecule has 0 fully saturated rings. The number of benzene rings is 1. The van der Waals surface area contributed by atoms with Gasteiger partial charge in [0, 0.05) is 17.4 Å². The minimum Gasteiger partial charge on any atom is -0.459 e.